The lowest BCUT2D eigenvalue weighted by Gasteiger charge is -2.35. The molecule has 116 valence electrons. The average molecular weight is 297 g/mol. The number of amides is 2. The lowest BCUT2D eigenvalue weighted by Crippen LogP contribution is -2.51. The van der Waals surface area contributed by atoms with Crippen LogP contribution in [0.3, 0.4) is 0 Å². The zero-order valence-corrected chi connectivity index (χ0v) is 11.8. The second kappa shape index (κ2) is 7.02. The van der Waals surface area contributed by atoms with Gasteiger partial charge < -0.3 is 20.5 Å². The van der Waals surface area contributed by atoms with E-state index in [0.717, 1.165) is 12.8 Å². The third-order valence-corrected chi connectivity index (χ3v) is 3.22. The Hall–Kier alpha value is -2.16. The summed E-state index contributed by atoms with van der Waals surface area (Å²) in [6.07, 6.45) is 3.25. The minimum atomic E-state index is -1.12. The highest BCUT2D eigenvalue weighted by molar-refractivity contribution is 5.84. The lowest BCUT2D eigenvalue weighted by atomic mass is 9.89. The van der Waals surface area contributed by atoms with Gasteiger partial charge in [0.1, 0.15) is 0 Å². The molecule has 0 saturated heterocycles. The van der Waals surface area contributed by atoms with Crippen LogP contribution < -0.4 is 10.6 Å². The second-order valence-corrected chi connectivity index (χ2v) is 4.82. The molecule has 1 aliphatic carbocycles. The van der Waals surface area contributed by atoms with E-state index in [4.69, 9.17) is 9.84 Å². The van der Waals surface area contributed by atoms with Gasteiger partial charge in [0.25, 0.3) is 0 Å². The average Bonchev–Trinajstić information content (AvgIpc) is 2.85. The van der Waals surface area contributed by atoms with Crippen molar-refractivity contribution in [1.29, 1.82) is 0 Å². The van der Waals surface area contributed by atoms with Crippen LogP contribution in [-0.4, -0.2) is 57.4 Å². The molecule has 0 aliphatic heterocycles. The number of carboxylic acid groups (broad SMARTS) is 1. The topological polar surface area (TPSA) is 118 Å². The molecule has 0 radical (unpaired) electrons. The van der Waals surface area contributed by atoms with E-state index < -0.39 is 5.97 Å². The van der Waals surface area contributed by atoms with E-state index >= 15 is 0 Å². The van der Waals surface area contributed by atoms with E-state index in [1.807, 2.05) is 6.92 Å². The van der Waals surface area contributed by atoms with E-state index in [-0.39, 0.29) is 23.9 Å². The highest BCUT2D eigenvalue weighted by atomic mass is 16.5. The van der Waals surface area contributed by atoms with Gasteiger partial charge in [0.2, 0.25) is 0 Å². The molecule has 9 heteroatoms. The molecular weight excluding hydrogens is 278 g/mol. The van der Waals surface area contributed by atoms with Crippen LogP contribution in [-0.2, 0) is 11.3 Å². The third kappa shape index (κ3) is 4.42. The largest absolute Gasteiger partial charge is 0.476 e. The standard InChI is InChI=1S/C12H19N5O4/c1-2-21-9-5-8(6-9)14-12(20)13-3-4-17-7-10(11(18)19)15-16-17/h7-9H,2-6H2,1H3,(H,18,19)(H2,13,14,20). The van der Waals surface area contributed by atoms with Crippen LogP contribution in [0.5, 0.6) is 0 Å². The third-order valence-electron chi connectivity index (χ3n) is 3.22. The van der Waals surface area contributed by atoms with Gasteiger partial charge in [-0.3, -0.25) is 0 Å². The van der Waals surface area contributed by atoms with Crippen molar-refractivity contribution in [3.63, 3.8) is 0 Å². The number of carbonyl (C=O) groups excluding carboxylic acids is 1. The predicted octanol–water partition coefficient (Wildman–Crippen LogP) is -0.157. The van der Waals surface area contributed by atoms with Crippen LogP contribution in [0, 0.1) is 0 Å². The molecule has 2 rings (SSSR count). The molecule has 0 aromatic carbocycles. The van der Waals surface area contributed by atoms with E-state index in [1.165, 1.54) is 10.9 Å². The Labute approximate surface area is 121 Å². The zero-order valence-electron chi connectivity index (χ0n) is 11.8. The van der Waals surface area contributed by atoms with Crippen molar-refractivity contribution >= 4 is 12.0 Å². The quantitative estimate of drug-likeness (QED) is 0.643. The number of hydrogen-bond acceptors (Lipinski definition) is 5. The first-order valence-electron chi connectivity index (χ1n) is 6.88. The van der Waals surface area contributed by atoms with E-state index in [1.54, 1.807) is 0 Å². The van der Waals surface area contributed by atoms with Crippen molar-refractivity contribution < 1.29 is 19.4 Å². The molecule has 2 amide bonds. The summed E-state index contributed by atoms with van der Waals surface area (Å²) in [5.74, 6) is -1.12. The van der Waals surface area contributed by atoms with Gasteiger partial charge in [-0.15, -0.1) is 5.10 Å². The Morgan fingerprint density at radius 1 is 1.52 bits per heavy atom. The smallest absolute Gasteiger partial charge is 0.358 e. The highest BCUT2D eigenvalue weighted by Crippen LogP contribution is 2.22. The number of carbonyl (C=O) groups is 2. The molecule has 1 aliphatic rings. The van der Waals surface area contributed by atoms with Gasteiger partial charge in [-0.2, -0.15) is 0 Å². The minimum absolute atomic E-state index is 0.115. The van der Waals surface area contributed by atoms with E-state index in [9.17, 15) is 9.59 Å². The molecule has 1 heterocycles. The molecule has 1 saturated carbocycles. The number of rotatable bonds is 7. The second-order valence-electron chi connectivity index (χ2n) is 4.82. The van der Waals surface area contributed by atoms with Gasteiger partial charge in [-0.1, -0.05) is 5.21 Å². The fourth-order valence-corrected chi connectivity index (χ4v) is 2.08. The monoisotopic (exact) mass is 297 g/mol. The molecule has 0 bridgehead atoms. The number of nitrogens with zero attached hydrogens (tertiary/aromatic N) is 3. The first-order valence-corrected chi connectivity index (χ1v) is 6.88. The van der Waals surface area contributed by atoms with Crippen molar-refractivity contribution in [1.82, 2.24) is 25.6 Å². The molecule has 0 atom stereocenters. The number of carboxylic acids is 1. The fourth-order valence-electron chi connectivity index (χ4n) is 2.08. The van der Waals surface area contributed by atoms with Crippen LogP contribution >= 0.6 is 0 Å². The zero-order chi connectivity index (χ0) is 15.2. The molecule has 0 unspecified atom stereocenters. The summed E-state index contributed by atoms with van der Waals surface area (Å²) in [4.78, 5) is 22.2. The molecule has 0 spiro atoms. The first kappa shape index (κ1) is 15.2. The number of aromatic carboxylic acids is 1. The van der Waals surface area contributed by atoms with Crippen molar-refractivity contribution in [3.8, 4) is 0 Å². The van der Waals surface area contributed by atoms with Gasteiger partial charge in [0, 0.05) is 19.2 Å². The summed E-state index contributed by atoms with van der Waals surface area (Å²) in [5.41, 5.74) is -0.115. The summed E-state index contributed by atoms with van der Waals surface area (Å²) >= 11 is 0. The van der Waals surface area contributed by atoms with Crippen molar-refractivity contribution in [2.24, 2.45) is 0 Å². The van der Waals surface area contributed by atoms with E-state index in [0.29, 0.717) is 19.7 Å². The highest BCUT2D eigenvalue weighted by Gasteiger charge is 2.30. The fraction of sp³-hybridized carbons (Fsp3) is 0.667. The Bertz CT molecular complexity index is 498. The Morgan fingerprint density at radius 3 is 2.90 bits per heavy atom. The number of hydrogen-bond donors (Lipinski definition) is 3. The maximum Gasteiger partial charge on any atom is 0.358 e. The van der Waals surface area contributed by atoms with Gasteiger partial charge in [-0.05, 0) is 19.8 Å². The number of nitrogens with one attached hydrogen (secondary N) is 2. The molecule has 21 heavy (non-hydrogen) atoms. The van der Waals surface area contributed by atoms with Crippen LogP contribution in [0.2, 0.25) is 0 Å². The van der Waals surface area contributed by atoms with Crippen molar-refractivity contribution in [3.05, 3.63) is 11.9 Å². The molecular formula is C12H19N5O4. The SMILES string of the molecule is CCOC1CC(NC(=O)NCCn2cc(C(=O)O)nn2)C1. The Kier molecular flexibility index (Phi) is 5.09. The maximum atomic E-state index is 11.6. The summed E-state index contributed by atoms with van der Waals surface area (Å²) in [6.45, 7) is 3.35. The number of aromatic nitrogens is 3. The predicted molar refractivity (Wildman–Crippen MR) is 72.0 cm³/mol. The van der Waals surface area contributed by atoms with Crippen molar-refractivity contribution in [2.45, 2.75) is 38.5 Å². The number of ether oxygens (including phenoxy) is 1. The van der Waals surface area contributed by atoms with Crippen LogP contribution in [0.25, 0.3) is 0 Å². The van der Waals surface area contributed by atoms with Gasteiger partial charge >= 0.3 is 12.0 Å². The minimum Gasteiger partial charge on any atom is -0.476 e. The summed E-state index contributed by atoms with van der Waals surface area (Å²) < 4.78 is 6.79. The molecule has 3 N–H and O–H groups in total. The molecule has 9 nitrogen and oxygen atoms in total. The first-order chi connectivity index (χ1) is 10.1. The summed E-state index contributed by atoms with van der Waals surface area (Å²) in [7, 11) is 0. The van der Waals surface area contributed by atoms with Crippen molar-refractivity contribution in [2.75, 3.05) is 13.2 Å². The van der Waals surface area contributed by atoms with Crippen LogP contribution in [0.15, 0.2) is 6.20 Å². The summed E-state index contributed by atoms with van der Waals surface area (Å²) in [6, 6.07) is -0.0833. The van der Waals surface area contributed by atoms with Gasteiger partial charge in [0.15, 0.2) is 5.69 Å². The lowest BCUT2D eigenvalue weighted by molar-refractivity contribution is -0.00708. The number of urea groups is 1. The van der Waals surface area contributed by atoms with E-state index in [2.05, 4.69) is 20.9 Å². The summed E-state index contributed by atoms with van der Waals surface area (Å²) in [5, 5.41) is 21.4. The maximum absolute atomic E-state index is 11.6. The molecule has 1 aromatic rings. The molecule has 1 aromatic heterocycles. The van der Waals surface area contributed by atoms with Gasteiger partial charge in [0.05, 0.1) is 18.8 Å². The van der Waals surface area contributed by atoms with Gasteiger partial charge in [-0.25, -0.2) is 14.3 Å². The van der Waals surface area contributed by atoms with Crippen LogP contribution in [0.4, 0.5) is 4.79 Å². The van der Waals surface area contributed by atoms with Crippen LogP contribution in [0.1, 0.15) is 30.3 Å². The Balaban J connectivity index is 1.60. The Morgan fingerprint density at radius 2 is 2.29 bits per heavy atom. The molecule has 1 fully saturated rings. The normalized spacial score (nSPS) is 20.6.